The van der Waals surface area contributed by atoms with Crippen LogP contribution in [0.2, 0.25) is 0 Å². The third kappa shape index (κ3) is 1.91. The number of aliphatic hydroxyl groups is 1. The van der Waals surface area contributed by atoms with E-state index in [1.165, 1.54) is 0 Å². The fourth-order valence-corrected chi connectivity index (χ4v) is 1.65. The third-order valence-electron chi connectivity index (χ3n) is 2.00. The molecule has 1 aromatic heterocycles. The van der Waals surface area contributed by atoms with E-state index in [0.717, 1.165) is 9.15 Å². The summed E-state index contributed by atoms with van der Waals surface area (Å²) in [6, 6.07) is 5.21. The van der Waals surface area contributed by atoms with E-state index in [-0.39, 0.29) is 18.7 Å². The van der Waals surface area contributed by atoms with Crippen LogP contribution >= 0.6 is 15.9 Å². The molecule has 0 aliphatic rings. The minimum atomic E-state index is -0.240. The van der Waals surface area contributed by atoms with E-state index in [0.29, 0.717) is 10.9 Å². The van der Waals surface area contributed by atoms with Gasteiger partial charge >= 0.3 is 0 Å². The van der Waals surface area contributed by atoms with Crippen LogP contribution < -0.4 is 5.56 Å². The molecule has 1 N–H and O–H groups in total. The second-order valence-corrected chi connectivity index (χ2v) is 3.92. The Bertz CT molecular complexity index is 553. The average Bonchev–Trinajstić information content (AvgIpc) is 2.23. The lowest BCUT2D eigenvalue weighted by Gasteiger charge is -2.02. The zero-order chi connectivity index (χ0) is 10.8. The summed E-state index contributed by atoms with van der Waals surface area (Å²) < 4.78 is 1.96. The van der Waals surface area contributed by atoms with Crippen molar-refractivity contribution in [2.75, 3.05) is 6.61 Å². The lowest BCUT2D eigenvalue weighted by atomic mass is 10.2. The Morgan fingerprint density at radius 3 is 3.00 bits per heavy atom. The van der Waals surface area contributed by atoms with Gasteiger partial charge in [-0.25, -0.2) is 4.68 Å². The van der Waals surface area contributed by atoms with E-state index in [4.69, 9.17) is 5.11 Å². The van der Waals surface area contributed by atoms with E-state index in [1.807, 2.05) is 0 Å². The smallest absolute Gasteiger partial charge is 0.277 e. The molecule has 0 amide bonds. The van der Waals surface area contributed by atoms with Gasteiger partial charge in [0.2, 0.25) is 0 Å². The Hall–Kier alpha value is -1.27. The van der Waals surface area contributed by atoms with Crippen molar-refractivity contribution in [1.29, 1.82) is 0 Å². The van der Waals surface area contributed by atoms with E-state index in [9.17, 15) is 4.79 Å². The van der Waals surface area contributed by atoms with Gasteiger partial charge in [-0.05, 0) is 18.2 Å². The van der Waals surface area contributed by atoms with Gasteiger partial charge in [0.15, 0.2) is 0 Å². The first-order valence-electron chi connectivity index (χ1n) is 4.36. The quantitative estimate of drug-likeness (QED) is 0.865. The van der Waals surface area contributed by atoms with Crippen molar-refractivity contribution in [2.24, 2.45) is 0 Å². The SMILES string of the molecule is O=c1c2cc(Br)ccc2nnn1CCO. The van der Waals surface area contributed by atoms with Gasteiger partial charge < -0.3 is 5.11 Å². The highest BCUT2D eigenvalue weighted by molar-refractivity contribution is 9.10. The van der Waals surface area contributed by atoms with Crippen LogP contribution in [0.15, 0.2) is 27.5 Å². The van der Waals surface area contributed by atoms with Crippen LogP contribution in [-0.2, 0) is 6.54 Å². The van der Waals surface area contributed by atoms with Gasteiger partial charge in [-0.3, -0.25) is 4.79 Å². The van der Waals surface area contributed by atoms with E-state index >= 15 is 0 Å². The Balaban J connectivity index is 2.71. The summed E-state index contributed by atoms with van der Waals surface area (Å²) in [4.78, 5) is 11.8. The van der Waals surface area contributed by atoms with Gasteiger partial charge in [0.05, 0.1) is 18.5 Å². The molecule has 2 rings (SSSR count). The van der Waals surface area contributed by atoms with Gasteiger partial charge in [-0.2, -0.15) is 0 Å². The Kier molecular flexibility index (Phi) is 2.79. The number of halogens is 1. The summed E-state index contributed by atoms with van der Waals surface area (Å²) in [5.41, 5.74) is 0.313. The highest BCUT2D eigenvalue weighted by atomic mass is 79.9. The first-order valence-corrected chi connectivity index (χ1v) is 5.15. The zero-order valence-electron chi connectivity index (χ0n) is 7.72. The highest BCUT2D eigenvalue weighted by Gasteiger charge is 2.05. The monoisotopic (exact) mass is 269 g/mol. The van der Waals surface area contributed by atoms with Crippen molar-refractivity contribution in [3.63, 3.8) is 0 Å². The molecule has 0 radical (unpaired) electrons. The van der Waals surface area contributed by atoms with Crippen molar-refractivity contribution < 1.29 is 5.11 Å². The lowest BCUT2D eigenvalue weighted by molar-refractivity contribution is 0.264. The van der Waals surface area contributed by atoms with Crippen LogP contribution in [0.25, 0.3) is 10.9 Å². The number of hydrogen-bond acceptors (Lipinski definition) is 4. The molecule has 5 nitrogen and oxygen atoms in total. The molecule has 0 saturated carbocycles. The van der Waals surface area contributed by atoms with Crippen molar-refractivity contribution in [3.05, 3.63) is 33.0 Å². The number of rotatable bonds is 2. The summed E-state index contributed by atoms with van der Waals surface area (Å²) >= 11 is 3.28. The van der Waals surface area contributed by atoms with Crippen LogP contribution in [0, 0.1) is 0 Å². The average molecular weight is 270 g/mol. The number of aliphatic hydroxyl groups excluding tert-OH is 1. The Morgan fingerprint density at radius 2 is 2.27 bits per heavy atom. The molecule has 6 heteroatoms. The largest absolute Gasteiger partial charge is 0.394 e. The number of benzene rings is 1. The maximum absolute atomic E-state index is 11.8. The summed E-state index contributed by atoms with van der Waals surface area (Å²) in [6.07, 6.45) is 0. The molecule has 15 heavy (non-hydrogen) atoms. The maximum Gasteiger partial charge on any atom is 0.277 e. The predicted octanol–water partition coefficient (Wildman–Crippen LogP) is 0.546. The molecule has 1 aromatic carbocycles. The molecule has 0 bridgehead atoms. The first kappa shape index (κ1) is 10.3. The number of hydrogen-bond donors (Lipinski definition) is 1. The third-order valence-corrected chi connectivity index (χ3v) is 2.49. The molecule has 0 aliphatic carbocycles. The van der Waals surface area contributed by atoms with Crippen LogP contribution in [0.5, 0.6) is 0 Å². The van der Waals surface area contributed by atoms with Crippen molar-refractivity contribution in [3.8, 4) is 0 Å². The summed E-state index contributed by atoms with van der Waals surface area (Å²) in [7, 11) is 0. The molecule has 0 unspecified atom stereocenters. The Labute approximate surface area is 93.5 Å². The minimum absolute atomic E-state index is 0.131. The number of aromatic nitrogens is 3. The molecule has 2 aromatic rings. The second kappa shape index (κ2) is 4.08. The van der Waals surface area contributed by atoms with Crippen LogP contribution in [0.3, 0.4) is 0 Å². The molecule has 0 fully saturated rings. The van der Waals surface area contributed by atoms with Crippen molar-refractivity contribution in [2.45, 2.75) is 6.54 Å². The Morgan fingerprint density at radius 1 is 1.47 bits per heavy atom. The molecular formula is C9H8BrN3O2. The van der Waals surface area contributed by atoms with Gasteiger partial charge in [-0.1, -0.05) is 21.1 Å². The minimum Gasteiger partial charge on any atom is -0.394 e. The fourth-order valence-electron chi connectivity index (χ4n) is 1.29. The van der Waals surface area contributed by atoms with Crippen LogP contribution in [0.4, 0.5) is 0 Å². The lowest BCUT2D eigenvalue weighted by Crippen LogP contribution is -2.25. The molecule has 0 atom stereocenters. The molecule has 0 spiro atoms. The van der Waals surface area contributed by atoms with E-state index in [1.54, 1.807) is 18.2 Å². The van der Waals surface area contributed by atoms with Gasteiger partial charge in [0.25, 0.3) is 5.56 Å². The maximum atomic E-state index is 11.8. The normalized spacial score (nSPS) is 10.8. The zero-order valence-corrected chi connectivity index (χ0v) is 9.31. The fraction of sp³-hybridized carbons (Fsp3) is 0.222. The second-order valence-electron chi connectivity index (χ2n) is 3.00. The number of fused-ring (bicyclic) bond motifs is 1. The van der Waals surface area contributed by atoms with Gasteiger partial charge in [-0.15, -0.1) is 5.10 Å². The molecule has 78 valence electrons. The van der Waals surface area contributed by atoms with Crippen molar-refractivity contribution >= 4 is 26.8 Å². The topological polar surface area (TPSA) is 68.0 Å². The van der Waals surface area contributed by atoms with Gasteiger partial charge in [0, 0.05) is 4.47 Å². The van der Waals surface area contributed by atoms with Crippen LogP contribution in [-0.4, -0.2) is 26.7 Å². The highest BCUT2D eigenvalue weighted by Crippen LogP contribution is 2.14. The number of nitrogens with zero attached hydrogens (tertiary/aromatic N) is 3. The summed E-state index contributed by atoms with van der Waals surface area (Å²) in [5, 5.41) is 16.8. The summed E-state index contributed by atoms with van der Waals surface area (Å²) in [6.45, 7) is 0.0301. The molecule has 0 saturated heterocycles. The van der Waals surface area contributed by atoms with Crippen molar-refractivity contribution in [1.82, 2.24) is 15.0 Å². The molecule has 0 aliphatic heterocycles. The first-order chi connectivity index (χ1) is 7.22. The standard InChI is InChI=1S/C9H8BrN3O2/c10-6-1-2-8-7(5-6)9(15)13(3-4-14)12-11-8/h1-2,5,14H,3-4H2. The van der Waals surface area contributed by atoms with E-state index in [2.05, 4.69) is 26.2 Å². The molecule has 1 heterocycles. The van der Waals surface area contributed by atoms with Gasteiger partial charge in [0.1, 0.15) is 5.52 Å². The summed E-state index contributed by atoms with van der Waals surface area (Å²) in [5.74, 6) is 0. The van der Waals surface area contributed by atoms with Crippen LogP contribution in [0.1, 0.15) is 0 Å². The molecular weight excluding hydrogens is 262 g/mol. The van der Waals surface area contributed by atoms with E-state index < -0.39 is 0 Å². The predicted molar refractivity (Wildman–Crippen MR) is 58.6 cm³/mol.